The third-order valence-corrected chi connectivity index (χ3v) is 3.23. The molecule has 1 N–H and O–H groups in total. The maximum atomic E-state index is 13.9. The fraction of sp³-hybridized carbons (Fsp3) is 0.647. The first kappa shape index (κ1) is 16.2. The monoisotopic (exact) mass is 265 g/mol. The van der Waals surface area contributed by atoms with Gasteiger partial charge < -0.3 is 5.32 Å². The Labute approximate surface area is 117 Å². The van der Waals surface area contributed by atoms with Crippen molar-refractivity contribution in [2.45, 2.75) is 66.0 Å². The van der Waals surface area contributed by atoms with Crippen molar-refractivity contribution in [3.8, 4) is 0 Å². The summed E-state index contributed by atoms with van der Waals surface area (Å²) in [5.41, 5.74) is 1.01. The first-order valence-electron chi connectivity index (χ1n) is 7.17. The van der Waals surface area contributed by atoms with Crippen LogP contribution in [0.2, 0.25) is 0 Å². The van der Waals surface area contributed by atoms with Gasteiger partial charge in [0.1, 0.15) is 5.82 Å². The van der Waals surface area contributed by atoms with Gasteiger partial charge in [0.25, 0.3) is 0 Å². The van der Waals surface area contributed by atoms with Crippen LogP contribution in [0.4, 0.5) is 4.39 Å². The Hall–Kier alpha value is -0.890. The summed E-state index contributed by atoms with van der Waals surface area (Å²) in [6, 6.07) is 7.13. The zero-order chi connectivity index (χ0) is 14.7. The van der Waals surface area contributed by atoms with E-state index in [0.29, 0.717) is 0 Å². The number of benzene rings is 1. The van der Waals surface area contributed by atoms with Crippen LogP contribution < -0.4 is 5.32 Å². The lowest BCUT2D eigenvalue weighted by atomic mass is 9.81. The summed E-state index contributed by atoms with van der Waals surface area (Å²) >= 11 is 0. The van der Waals surface area contributed by atoms with Crippen molar-refractivity contribution in [2.24, 2.45) is 5.41 Å². The Morgan fingerprint density at radius 2 is 1.68 bits per heavy atom. The van der Waals surface area contributed by atoms with E-state index in [1.165, 1.54) is 6.07 Å². The Morgan fingerprint density at radius 1 is 1.11 bits per heavy atom. The highest BCUT2D eigenvalue weighted by molar-refractivity contribution is 5.21. The Balaban J connectivity index is 2.86. The smallest absolute Gasteiger partial charge is 0.127 e. The van der Waals surface area contributed by atoms with Crippen molar-refractivity contribution in [3.63, 3.8) is 0 Å². The minimum absolute atomic E-state index is 0.0127. The van der Waals surface area contributed by atoms with Gasteiger partial charge in [-0.2, -0.15) is 0 Å². The second-order valence-electron chi connectivity index (χ2n) is 7.25. The average Bonchev–Trinajstić information content (AvgIpc) is 2.23. The van der Waals surface area contributed by atoms with E-state index >= 15 is 0 Å². The summed E-state index contributed by atoms with van der Waals surface area (Å²) in [4.78, 5) is 0. The second-order valence-corrected chi connectivity index (χ2v) is 7.25. The summed E-state index contributed by atoms with van der Waals surface area (Å²) in [6.45, 7) is 13.2. The zero-order valence-corrected chi connectivity index (χ0v) is 13.2. The molecular weight excluding hydrogens is 237 g/mol. The van der Waals surface area contributed by atoms with Crippen LogP contribution in [0.25, 0.3) is 0 Å². The topological polar surface area (TPSA) is 12.0 Å². The van der Waals surface area contributed by atoms with Crippen molar-refractivity contribution in [2.75, 3.05) is 0 Å². The van der Waals surface area contributed by atoms with Crippen molar-refractivity contribution in [3.05, 3.63) is 35.6 Å². The van der Waals surface area contributed by atoms with Gasteiger partial charge in [0.15, 0.2) is 0 Å². The van der Waals surface area contributed by atoms with Crippen molar-refractivity contribution in [1.29, 1.82) is 0 Å². The minimum Gasteiger partial charge on any atom is -0.305 e. The lowest BCUT2D eigenvalue weighted by Crippen LogP contribution is -2.44. The molecule has 0 saturated carbocycles. The third kappa shape index (κ3) is 5.32. The number of hydrogen-bond donors (Lipinski definition) is 1. The molecule has 0 heterocycles. The van der Waals surface area contributed by atoms with Crippen LogP contribution in [0.15, 0.2) is 24.3 Å². The summed E-state index contributed by atoms with van der Waals surface area (Å²) < 4.78 is 13.9. The summed E-state index contributed by atoms with van der Waals surface area (Å²) in [5.74, 6) is -0.117. The molecule has 19 heavy (non-hydrogen) atoms. The van der Waals surface area contributed by atoms with Gasteiger partial charge in [-0.05, 0) is 38.2 Å². The number of hydrogen-bond acceptors (Lipinski definition) is 1. The highest BCUT2D eigenvalue weighted by atomic mass is 19.1. The molecule has 1 aromatic carbocycles. The fourth-order valence-electron chi connectivity index (χ4n) is 3.01. The molecule has 1 unspecified atom stereocenters. The molecular formula is C17H28FN. The predicted molar refractivity (Wildman–Crippen MR) is 80.7 cm³/mol. The lowest BCUT2D eigenvalue weighted by Gasteiger charge is -2.37. The van der Waals surface area contributed by atoms with Crippen LogP contribution in [-0.4, -0.2) is 5.54 Å². The van der Waals surface area contributed by atoms with Crippen LogP contribution in [0.1, 0.15) is 66.0 Å². The average molecular weight is 265 g/mol. The molecule has 0 bridgehead atoms. The minimum atomic E-state index is -0.117. The maximum Gasteiger partial charge on any atom is 0.127 e. The maximum absolute atomic E-state index is 13.9. The summed E-state index contributed by atoms with van der Waals surface area (Å²) in [6.07, 6.45) is 1.93. The van der Waals surface area contributed by atoms with E-state index in [1.807, 2.05) is 12.1 Å². The molecule has 0 aromatic heterocycles. The summed E-state index contributed by atoms with van der Waals surface area (Å²) in [7, 11) is 0. The van der Waals surface area contributed by atoms with Gasteiger partial charge in [-0.15, -0.1) is 0 Å². The lowest BCUT2D eigenvalue weighted by molar-refractivity contribution is 0.219. The molecule has 0 aliphatic carbocycles. The van der Waals surface area contributed by atoms with E-state index < -0.39 is 0 Å². The molecule has 1 nitrogen and oxygen atoms in total. The van der Waals surface area contributed by atoms with Crippen LogP contribution in [0.3, 0.4) is 0 Å². The highest BCUT2D eigenvalue weighted by Crippen LogP contribution is 2.30. The fourth-order valence-corrected chi connectivity index (χ4v) is 3.01. The molecule has 1 aromatic rings. The molecule has 2 heteroatoms. The van der Waals surface area contributed by atoms with Gasteiger partial charge >= 0.3 is 0 Å². The largest absolute Gasteiger partial charge is 0.305 e. The molecule has 108 valence electrons. The molecule has 0 saturated heterocycles. The predicted octanol–water partition coefficient (Wildman–Crippen LogP) is 5.08. The Morgan fingerprint density at radius 3 is 2.16 bits per heavy atom. The van der Waals surface area contributed by atoms with E-state index in [-0.39, 0.29) is 22.8 Å². The van der Waals surface area contributed by atoms with E-state index in [9.17, 15) is 4.39 Å². The molecule has 0 aliphatic rings. The first-order valence-corrected chi connectivity index (χ1v) is 7.17. The zero-order valence-electron chi connectivity index (χ0n) is 13.2. The molecule has 0 aliphatic heterocycles. The van der Waals surface area contributed by atoms with Crippen LogP contribution >= 0.6 is 0 Å². The van der Waals surface area contributed by atoms with Gasteiger partial charge in [0, 0.05) is 17.1 Å². The normalized spacial score (nSPS) is 14.5. The van der Waals surface area contributed by atoms with Crippen LogP contribution in [0.5, 0.6) is 0 Å². The standard InChI is InChI=1S/C17H28FN/c1-7-15(13-10-8-9-11-14(13)18)19-17(5,6)12-16(2,3)4/h8-11,15,19H,7,12H2,1-6H3. The molecule has 0 radical (unpaired) electrons. The Kier molecular flexibility index (Phi) is 5.14. The van der Waals surface area contributed by atoms with E-state index in [2.05, 4.69) is 46.9 Å². The van der Waals surface area contributed by atoms with Gasteiger partial charge in [-0.25, -0.2) is 4.39 Å². The van der Waals surface area contributed by atoms with E-state index in [1.54, 1.807) is 6.07 Å². The van der Waals surface area contributed by atoms with E-state index in [0.717, 1.165) is 18.4 Å². The van der Waals surface area contributed by atoms with E-state index in [4.69, 9.17) is 0 Å². The van der Waals surface area contributed by atoms with Gasteiger partial charge in [0.2, 0.25) is 0 Å². The second kappa shape index (κ2) is 6.04. The number of nitrogens with one attached hydrogen (secondary N) is 1. The van der Waals surface area contributed by atoms with Crippen LogP contribution in [0, 0.1) is 11.2 Å². The Bertz CT molecular complexity index is 404. The molecule has 1 rings (SSSR count). The third-order valence-electron chi connectivity index (χ3n) is 3.23. The van der Waals surface area contributed by atoms with Gasteiger partial charge in [-0.1, -0.05) is 45.9 Å². The number of rotatable bonds is 5. The highest BCUT2D eigenvalue weighted by Gasteiger charge is 2.28. The number of halogens is 1. The molecule has 0 fully saturated rings. The molecule has 1 atom stereocenters. The molecule has 0 spiro atoms. The quantitative estimate of drug-likeness (QED) is 0.782. The van der Waals surface area contributed by atoms with Crippen LogP contribution in [-0.2, 0) is 0 Å². The van der Waals surface area contributed by atoms with Crippen molar-refractivity contribution < 1.29 is 4.39 Å². The summed E-state index contributed by atoms with van der Waals surface area (Å²) in [5, 5.41) is 3.62. The van der Waals surface area contributed by atoms with Gasteiger partial charge in [-0.3, -0.25) is 0 Å². The van der Waals surface area contributed by atoms with Crippen molar-refractivity contribution >= 4 is 0 Å². The molecule has 0 amide bonds. The first-order chi connectivity index (χ1) is 8.64. The SMILES string of the molecule is CCC(NC(C)(C)CC(C)(C)C)c1ccccc1F. The van der Waals surface area contributed by atoms with Crippen molar-refractivity contribution in [1.82, 2.24) is 5.32 Å². The van der Waals surface area contributed by atoms with Gasteiger partial charge in [0.05, 0.1) is 0 Å².